The third-order valence-corrected chi connectivity index (χ3v) is 4.72. The molecule has 1 amide bonds. The molecule has 0 atom stereocenters. The molecule has 6 heteroatoms. The number of aromatic nitrogens is 1. The molecule has 3 rings (SSSR count). The number of esters is 1. The van der Waals surface area contributed by atoms with E-state index < -0.39 is 5.97 Å². The van der Waals surface area contributed by atoms with Gasteiger partial charge < -0.3 is 15.4 Å². The first-order chi connectivity index (χ1) is 13.7. The van der Waals surface area contributed by atoms with Crippen LogP contribution >= 0.6 is 0 Å². The number of carbonyl (C=O) groups excluding carboxylic acids is 2. The van der Waals surface area contributed by atoms with Crippen LogP contribution in [0.5, 0.6) is 0 Å². The highest BCUT2D eigenvalue weighted by molar-refractivity contribution is 5.97. The van der Waals surface area contributed by atoms with Crippen LogP contribution in [-0.4, -0.2) is 30.5 Å². The molecule has 1 aliphatic rings. The van der Waals surface area contributed by atoms with E-state index in [0.717, 1.165) is 19.3 Å². The fourth-order valence-electron chi connectivity index (χ4n) is 3.23. The summed E-state index contributed by atoms with van der Waals surface area (Å²) in [6, 6.07) is 10.5. The van der Waals surface area contributed by atoms with Gasteiger partial charge in [-0.3, -0.25) is 9.78 Å². The van der Waals surface area contributed by atoms with E-state index in [1.54, 1.807) is 36.5 Å². The normalized spacial score (nSPS) is 13.4. The monoisotopic (exact) mass is 379 g/mol. The second-order valence-electron chi connectivity index (χ2n) is 6.71. The van der Waals surface area contributed by atoms with Crippen molar-refractivity contribution in [2.24, 2.45) is 0 Å². The summed E-state index contributed by atoms with van der Waals surface area (Å²) in [5.74, 6) is -0.631. The second kappa shape index (κ2) is 9.69. The maximum absolute atomic E-state index is 12.4. The molecule has 0 saturated heterocycles. The SMILES string of the molecule is COC(=O)c1ccccc1Nc1ccnc(C(=O)NCCC2=CCCCC2)c1. The Kier molecular flexibility index (Phi) is 6.78. The van der Waals surface area contributed by atoms with Crippen LogP contribution < -0.4 is 10.6 Å². The van der Waals surface area contributed by atoms with Crippen molar-refractivity contribution < 1.29 is 14.3 Å². The van der Waals surface area contributed by atoms with Gasteiger partial charge in [-0.1, -0.05) is 23.8 Å². The Hall–Kier alpha value is -3.15. The van der Waals surface area contributed by atoms with Crippen molar-refractivity contribution in [2.45, 2.75) is 32.1 Å². The minimum atomic E-state index is -0.424. The lowest BCUT2D eigenvalue weighted by molar-refractivity contribution is 0.0601. The Bertz CT molecular complexity index is 877. The van der Waals surface area contributed by atoms with Crippen LogP contribution in [0.3, 0.4) is 0 Å². The van der Waals surface area contributed by atoms with E-state index in [2.05, 4.69) is 21.7 Å². The van der Waals surface area contributed by atoms with E-state index in [0.29, 0.717) is 29.2 Å². The molecule has 0 fully saturated rings. The highest BCUT2D eigenvalue weighted by Crippen LogP contribution is 2.22. The van der Waals surface area contributed by atoms with Crippen molar-refractivity contribution in [3.8, 4) is 0 Å². The molecule has 2 aromatic rings. The Balaban J connectivity index is 1.63. The molecule has 0 unspecified atom stereocenters. The molecule has 0 radical (unpaired) electrons. The summed E-state index contributed by atoms with van der Waals surface area (Å²) in [4.78, 5) is 28.5. The molecule has 1 aromatic carbocycles. The predicted octanol–water partition coefficient (Wildman–Crippen LogP) is 4.23. The van der Waals surface area contributed by atoms with Gasteiger partial charge in [0.2, 0.25) is 0 Å². The lowest BCUT2D eigenvalue weighted by Crippen LogP contribution is -2.25. The third kappa shape index (κ3) is 5.19. The average Bonchev–Trinajstić information content (AvgIpc) is 2.74. The van der Waals surface area contributed by atoms with Crippen LogP contribution in [0.4, 0.5) is 11.4 Å². The summed E-state index contributed by atoms with van der Waals surface area (Å²) in [6.45, 7) is 0.606. The van der Waals surface area contributed by atoms with Crippen molar-refractivity contribution in [1.82, 2.24) is 10.3 Å². The van der Waals surface area contributed by atoms with Crippen molar-refractivity contribution in [2.75, 3.05) is 19.0 Å². The maximum Gasteiger partial charge on any atom is 0.339 e. The summed E-state index contributed by atoms with van der Waals surface area (Å²) in [6.07, 6.45) is 9.52. The van der Waals surface area contributed by atoms with Crippen LogP contribution in [-0.2, 0) is 4.74 Å². The summed E-state index contributed by atoms with van der Waals surface area (Å²) in [7, 11) is 1.34. The molecule has 1 heterocycles. The number of anilines is 2. The second-order valence-corrected chi connectivity index (χ2v) is 6.71. The van der Waals surface area contributed by atoms with Crippen LogP contribution in [0, 0.1) is 0 Å². The van der Waals surface area contributed by atoms with E-state index in [1.165, 1.54) is 25.5 Å². The quantitative estimate of drug-likeness (QED) is 0.556. The van der Waals surface area contributed by atoms with E-state index >= 15 is 0 Å². The smallest absolute Gasteiger partial charge is 0.339 e. The van der Waals surface area contributed by atoms with Gasteiger partial charge in [0.15, 0.2) is 0 Å². The summed E-state index contributed by atoms with van der Waals surface area (Å²) in [5, 5.41) is 6.09. The third-order valence-electron chi connectivity index (χ3n) is 4.72. The van der Waals surface area contributed by atoms with Gasteiger partial charge in [-0.25, -0.2) is 4.79 Å². The zero-order chi connectivity index (χ0) is 19.8. The van der Waals surface area contributed by atoms with Crippen molar-refractivity contribution >= 4 is 23.3 Å². The van der Waals surface area contributed by atoms with Gasteiger partial charge in [-0.05, 0) is 56.4 Å². The van der Waals surface area contributed by atoms with Crippen LogP contribution in [0.15, 0.2) is 54.2 Å². The van der Waals surface area contributed by atoms with Gasteiger partial charge in [0.1, 0.15) is 5.69 Å². The zero-order valence-corrected chi connectivity index (χ0v) is 16.0. The van der Waals surface area contributed by atoms with Crippen LogP contribution in [0.1, 0.15) is 53.0 Å². The fourth-order valence-corrected chi connectivity index (χ4v) is 3.23. The number of methoxy groups -OCH3 is 1. The zero-order valence-electron chi connectivity index (χ0n) is 16.0. The molecule has 146 valence electrons. The van der Waals surface area contributed by atoms with E-state index in [9.17, 15) is 9.59 Å². The number of amides is 1. The molecule has 0 bridgehead atoms. The van der Waals surface area contributed by atoms with Gasteiger partial charge in [-0.15, -0.1) is 0 Å². The first-order valence-electron chi connectivity index (χ1n) is 9.54. The van der Waals surface area contributed by atoms with Gasteiger partial charge in [-0.2, -0.15) is 0 Å². The first kappa shape index (κ1) is 19.6. The number of pyridine rings is 1. The summed E-state index contributed by atoms with van der Waals surface area (Å²) < 4.78 is 4.81. The number of allylic oxidation sites excluding steroid dienone is 1. The average molecular weight is 379 g/mol. The number of nitrogens with one attached hydrogen (secondary N) is 2. The minimum absolute atomic E-state index is 0.207. The van der Waals surface area contributed by atoms with Gasteiger partial charge in [0.05, 0.1) is 18.4 Å². The number of rotatable bonds is 7. The highest BCUT2D eigenvalue weighted by Gasteiger charge is 2.13. The molecular formula is C22H25N3O3. The van der Waals surface area contributed by atoms with E-state index in [1.807, 2.05) is 6.07 Å². The fraction of sp³-hybridized carbons (Fsp3) is 0.318. The molecule has 6 nitrogen and oxygen atoms in total. The number of nitrogens with zero attached hydrogens (tertiary/aromatic N) is 1. The lowest BCUT2D eigenvalue weighted by Gasteiger charge is -2.13. The van der Waals surface area contributed by atoms with Gasteiger partial charge >= 0.3 is 5.97 Å². The van der Waals surface area contributed by atoms with Gasteiger partial charge in [0.25, 0.3) is 5.91 Å². The minimum Gasteiger partial charge on any atom is -0.465 e. The molecular weight excluding hydrogens is 354 g/mol. The van der Waals surface area contributed by atoms with E-state index in [-0.39, 0.29) is 5.91 Å². The predicted molar refractivity (Wildman–Crippen MR) is 109 cm³/mol. The molecule has 2 N–H and O–H groups in total. The molecule has 28 heavy (non-hydrogen) atoms. The Morgan fingerprint density at radius 1 is 1.18 bits per heavy atom. The Morgan fingerprint density at radius 3 is 2.82 bits per heavy atom. The molecule has 0 aliphatic heterocycles. The number of hydrogen-bond donors (Lipinski definition) is 2. The van der Waals surface area contributed by atoms with Crippen molar-refractivity contribution in [1.29, 1.82) is 0 Å². The van der Waals surface area contributed by atoms with E-state index in [4.69, 9.17) is 4.74 Å². The van der Waals surface area contributed by atoms with Crippen LogP contribution in [0.25, 0.3) is 0 Å². The standard InChI is InChI=1S/C22H25N3O3/c1-28-22(27)18-9-5-6-10-19(18)25-17-12-14-23-20(15-17)21(26)24-13-11-16-7-3-2-4-8-16/h5-7,9-10,12,14-15H,2-4,8,11,13H2,1H3,(H,23,25)(H,24,26). The molecule has 0 spiro atoms. The highest BCUT2D eigenvalue weighted by atomic mass is 16.5. The number of ether oxygens (including phenoxy) is 1. The van der Waals surface area contributed by atoms with Crippen molar-refractivity contribution in [3.05, 3.63) is 65.5 Å². The van der Waals surface area contributed by atoms with Crippen LogP contribution in [0.2, 0.25) is 0 Å². The Labute approximate surface area is 165 Å². The molecule has 1 aliphatic carbocycles. The maximum atomic E-state index is 12.4. The van der Waals surface area contributed by atoms with Gasteiger partial charge in [0, 0.05) is 18.4 Å². The molecule has 1 aromatic heterocycles. The number of hydrogen-bond acceptors (Lipinski definition) is 5. The number of carbonyl (C=O) groups is 2. The molecule has 0 saturated carbocycles. The topological polar surface area (TPSA) is 80.3 Å². The Morgan fingerprint density at radius 2 is 2.04 bits per heavy atom. The first-order valence-corrected chi connectivity index (χ1v) is 9.54. The van der Waals surface area contributed by atoms with Crippen molar-refractivity contribution in [3.63, 3.8) is 0 Å². The number of benzene rings is 1. The summed E-state index contributed by atoms with van der Waals surface area (Å²) >= 11 is 0. The largest absolute Gasteiger partial charge is 0.465 e. The summed E-state index contributed by atoms with van der Waals surface area (Å²) in [5.41, 5.74) is 3.46. The lowest BCUT2D eigenvalue weighted by atomic mass is 9.97. The number of para-hydroxylation sites is 1.